The van der Waals surface area contributed by atoms with Crippen LogP contribution in [0.5, 0.6) is 0 Å². The summed E-state index contributed by atoms with van der Waals surface area (Å²) in [4.78, 5) is 7.68. The van der Waals surface area contributed by atoms with E-state index >= 15 is 0 Å². The second kappa shape index (κ2) is 5.55. The van der Waals surface area contributed by atoms with Crippen LogP contribution in [0.25, 0.3) is 0 Å². The molecular weight excluding hydrogens is 252 g/mol. The normalized spacial score (nSPS) is 11.9. The van der Waals surface area contributed by atoms with Crippen molar-refractivity contribution in [2.24, 2.45) is 0 Å². The SMILES string of the molecule is CC(C)c1c(Cl)ncnc1NCC(F)(F)CO. The van der Waals surface area contributed by atoms with Crippen LogP contribution in [0.2, 0.25) is 5.15 Å². The third-order valence-corrected chi connectivity index (χ3v) is 2.46. The first kappa shape index (κ1) is 14.1. The zero-order chi connectivity index (χ0) is 13.1. The molecule has 0 unspecified atom stereocenters. The van der Waals surface area contributed by atoms with Gasteiger partial charge in [-0.25, -0.2) is 18.7 Å². The van der Waals surface area contributed by atoms with Crippen molar-refractivity contribution < 1.29 is 13.9 Å². The summed E-state index contributed by atoms with van der Waals surface area (Å²) in [7, 11) is 0. The molecule has 2 N–H and O–H groups in total. The molecule has 0 atom stereocenters. The van der Waals surface area contributed by atoms with Crippen LogP contribution in [0, 0.1) is 0 Å². The maximum absolute atomic E-state index is 12.9. The Balaban J connectivity index is 2.88. The summed E-state index contributed by atoms with van der Waals surface area (Å²) in [5, 5.41) is 11.2. The van der Waals surface area contributed by atoms with Crippen LogP contribution in [0.15, 0.2) is 6.33 Å². The highest BCUT2D eigenvalue weighted by molar-refractivity contribution is 6.30. The zero-order valence-corrected chi connectivity index (χ0v) is 10.3. The van der Waals surface area contributed by atoms with E-state index in [1.807, 2.05) is 13.8 Å². The highest BCUT2D eigenvalue weighted by atomic mass is 35.5. The van der Waals surface area contributed by atoms with Gasteiger partial charge in [-0.2, -0.15) is 0 Å². The summed E-state index contributed by atoms with van der Waals surface area (Å²) in [6.07, 6.45) is 1.20. The van der Waals surface area contributed by atoms with Crippen LogP contribution in [-0.2, 0) is 0 Å². The molecule has 0 fully saturated rings. The molecule has 0 radical (unpaired) electrons. The number of hydrogen-bond acceptors (Lipinski definition) is 4. The molecule has 0 aliphatic heterocycles. The lowest BCUT2D eigenvalue weighted by molar-refractivity contribution is -0.0373. The highest BCUT2D eigenvalue weighted by Crippen LogP contribution is 2.28. The minimum Gasteiger partial charge on any atom is -0.390 e. The summed E-state index contributed by atoms with van der Waals surface area (Å²) >= 11 is 5.88. The smallest absolute Gasteiger partial charge is 0.287 e. The molecule has 17 heavy (non-hydrogen) atoms. The average Bonchev–Trinajstić information content (AvgIpc) is 2.26. The fraction of sp³-hybridized carbons (Fsp3) is 0.600. The van der Waals surface area contributed by atoms with Gasteiger partial charge in [-0.15, -0.1) is 0 Å². The lowest BCUT2D eigenvalue weighted by Gasteiger charge is -2.18. The molecule has 0 bridgehead atoms. The monoisotopic (exact) mass is 265 g/mol. The topological polar surface area (TPSA) is 58.0 Å². The molecular formula is C10H14ClF2N3O. The summed E-state index contributed by atoms with van der Waals surface area (Å²) in [5.41, 5.74) is 0.586. The van der Waals surface area contributed by atoms with Crippen LogP contribution >= 0.6 is 11.6 Å². The molecule has 0 aliphatic carbocycles. The number of aliphatic hydroxyl groups is 1. The van der Waals surface area contributed by atoms with E-state index in [9.17, 15) is 8.78 Å². The van der Waals surface area contributed by atoms with Gasteiger partial charge in [0.25, 0.3) is 5.92 Å². The molecule has 96 valence electrons. The minimum absolute atomic E-state index is 0.00829. The van der Waals surface area contributed by atoms with Crippen molar-refractivity contribution in [3.05, 3.63) is 17.0 Å². The summed E-state index contributed by atoms with van der Waals surface area (Å²) in [6, 6.07) is 0. The molecule has 0 spiro atoms. The van der Waals surface area contributed by atoms with Gasteiger partial charge in [-0.1, -0.05) is 25.4 Å². The number of halogens is 3. The standard InChI is InChI=1S/C10H14ClF2N3O/c1-6(2)7-8(11)15-5-16-9(7)14-3-10(12,13)4-17/h5-6,17H,3-4H2,1-2H3,(H,14,15,16). The Morgan fingerprint density at radius 2 is 2.12 bits per heavy atom. The van der Waals surface area contributed by atoms with Gasteiger partial charge in [0.1, 0.15) is 23.9 Å². The van der Waals surface area contributed by atoms with Crippen molar-refractivity contribution in [3.8, 4) is 0 Å². The van der Waals surface area contributed by atoms with E-state index in [0.717, 1.165) is 0 Å². The van der Waals surface area contributed by atoms with E-state index in [1.165, 1.54) is 6.33 Å². The molecule has 1 aromatic rings. The molecule has 1 rings (SSSR count). The Morgan fingerprint density at radius 3 is 2.65 bits per heavy atom. The second-order valence-electron chi connectivity index (χ2n) is 3.95. The van der Waals surface area contributed by atoms with Crippen molar-refractivity contribution >= 4 is 17.4 Å². The zero-order valence-electron chi connectivity index (χ0n) is 9.54. The number of hydrogen-bond donors (Lipinski definition) is 2. The van der Waals surface area contributed by atoms with Gasteiger partial charge >= 0.3 is 0 Å². The van der Waals surface area contributed by atoms with Crippen LogP contribution in [-0.4, -0.2) is 34.1 Å². The second-order valence-corrected chi connectivity index (χ2v) is 4.31. The first-order chi connectivity index (χ1) is 7.87. The third-order valence-electron chi connectivity index (χ3n) is 2.16. The first-order valence-corrected chi connectivity index (χ1v) is 5.48. The first-order valence-electron chi connectivity index (χ1n) is 5.10. The molecule has 1 heterocycles. The van der Waals surface area contributed by atoms with Crippen molar-refractivity contribution in [3.63, 3.8) is 0 Å². The van der Waals surface area contributed by atoms with Crippen molar-refractivity contribution in [2.45, 2.75) is 25.7 Å². The Labute approximate surface area is 103 Å². The van der Waals surface area contributed by atoms with Gasteiger partial charge in [0.2, 0.25) is 0 Å². The average molecular weight is 266 g/mol. The maximum atomic E-state index is 12.9. The number of aromatic nitrogens is 2. The molecule has 0 saturated heterocycles. The van der Waals surface area contributed by atoms with Gasteiger partial charge in [0.15, 0.2) is 0 Å². The number of anilines is 1. The lowest BCUT2D eigenvalue weighted by Crippen LogP contribution is -2.31. The predicted octanol–water partition coefficient (Wildman–Crippen LogP) is 2.29. The Hall–Kier alpha value is -1.01. The Bertz CT molecular complexity index is 388. The molecule has 0 aromatic carbocycles. The van der Waals surface area contributed by atoms with E-state index in [-0.39, 0.29) is 16.9 Å². The van der Waals surface area contributed by atoms with Crippen LogP contribution < -0.4 is 5.32 Å². The van der Waals surface area contributed by atoms with Crippen molar-refractivity contribution in [1.82, 2.24) is 9.97 Å². The number of aliphatic hydroxyl groups excluding tert-OH is 1. The quantitative estimate of drug-likeness (QED) is 0.802. The molecule has 0 aliphatic rings. The lowest BCUT2D eigenvalue weighted by atomic mass is 10.1. The van der Waals surface area contributed by atoms with E-state index < -0.39 is 19.1 Å². The number of alkyl halides is 2. The van der Waals surface area contributed by atoms with Crippen LogP contribution in [0.3, 0.4) is 0 Å². The van der Waals surface area contributed by atoms with Gasteiger partial charge in [-0.05, 0) is 5.92 Å². The van der Waals surface area contributed by atoms with Crippen LogP contribution in [0.1, 0.15) is 25.3 Å². The molecule has 7 heteroatoms. The fourth-order valence-corrected chi connectivity index (χ4v) is 1.65. The predicted molar refractivity (Wildman–Crippen MR) is 61.7 cm³/mol. The van der Waals surface area contributed by atoms with Crippen LogP contribution in [0.4, 0.5) is 14.6 Å². The molecule has 0 saturated carbocycles. The van der Waals surface area contributed by atoms with Crippen molar-refractivity contribution in [2.75, 3.05) is 18.5 Å². The van der Waals surface area contributed by atoms with E-state index in [1.54, 1.807) is 0 Å². The summed E-state index contributed by atoms with van der Waals surface area (Å²) < 4.78 is 25.8. The number of nitrogens with zero attached hydrogens (tertiary/aromatic N) is 2. The summed E-state index contributed by atoms with van der Waals surface area (Å²) in [5.74, 6) is -2.91. The van der Waals surface area contributed by atoms with Gasteiger partial charge in [0, 0.05) is 5.56 Å². The molecule has 1 aromatic heterocycles. The van der Waals surface area contributed by atoms with E-state index in [2.05, 4.69) is 15.3 Å². The maximum Gasteiger partial charge on any atom is 0.287 e. The molecule has 4 nitrogen and oxygen atoms in total. The van der Waals surface area contributed by atoms with Gasteiger partial charge < -0.3 is 10.4 Å². The Kier molecular flexibility index (Phi) is 4.59. The van der Waals surface area contributed by atoms with Gasteiger partial charge in [-0.3, -0.25) is 0 Å². The van der Waals surface area contributed by atoms with E-state index in [4.69, 9.17) is 16.7 Å². The van der Waals surface area contributed by atoms with Gasteiger partial charge in [0.05, 0.1) is 6.54 Å². The summed E-state index contributed by atoms with van der Waals surface area (Å²) in [6.45, 7) is 1.81. The Morgan fingerprint density at radius 1 is 1.47 bits per heavy atom. The third kappa shape index (κ3) is 3.74. The fourth-order valence-electron chi connectivity index (χ4n) is 1.30. The van der Waals surface area contributed by atoms with E-state index in [0.29, 0.717) is 5.56 Å². The number of rotatable bonds is 5. The minimum atomic E-state index is -3.19. The largest absolute Gasteiger partial charge is 0.390 e. The molecule has 0 amide bonds. The highest BCUT2D eigenvalue weighted by Gasteiger charge is 2.28. The number of nitrogens with one attached hydrogen (secondary N) is 1. The van der Waals surface area contributed by atoms with Crippen molar-refractivity contribution in [1.29, 1.82) is 0 Å².